The van der Waals surface area contributed by atoms with E-state index in [1.54, 1.807) is 48.5 Å². The molecule has 8 nitrogen and oxygen atoms in total. The predicted octanol–water partition coefficient (Wildman–Crippen LogP) is 4.19. The van der Waals surface area contributed by atoms with Crippen LogP contribution < -0.4 is 5.32 Å². The van der Waals surface area contributed by atoms with Gasteiger partial charge in [0.2, 0.25) is 0 Å². The number of amides is 3. The molecule has 1 heterocycles. The number of fused-ring (bicyclic) bond motifs is 1. The second kappa shape index (κ2) is 8.41. The first-order valence-corrected chi connectivity index (χ1v) is 10.2. The van der Waals surface area contributed by atoms with E-state index >= 15 is 0 Å². The lowest BCUT2D eigenvalue weighted by atomic mass is 10.1. The van der Waals surface area contributed by atoms with Gasteiger partial charge in [0.25, 0.3) is 23.4 Å². The summed E-state index contributed by atoms with van der Waals surface area (Å²) in [4.78, 5) is 49.6. The highest BCUT2D eigenvalue weighted by Gasteiger charge is 2.34. The zero-order valence-corrected chi connectivity index (χ0v) is 16.8. The molecular formula is C22H15N3O5S. The Labute approximate surface area is 181 Å². The van der Waals surface area contributed by atoms with Crippen molar-refractivity contribution in [1.29, 1.82) is 0 Å². The fourth-order valence-electron chi connectivity index (χ4n) is 3.12. The number of hydrogen-bond donors (Lipinski definition) is 1. The number of nitrogens with one attached hydrogen (secondary N) is 1. The van der Waals surface area contributed by atoms with Crippen molar-refractivity contribution in [2.24, 2.45) is 0 Å². The van der Waals surface area contributed by atoms with Crippen LogP contribution in [0.25, 0.3) is 0 Å². The van der Waals surface area contributed by atoms with Crippen LogP contribution in [0.3, 0.4) is 0 Å². The highest BCUT2D eigenvalue weighted by atomic mass is 32.2. The Bertz CT molecular complexity index is 1190. The van der Waals surface area contributed by atoms with Crippen LogP contribution >= 0.6 is 11.8 Å². The highest BCUT2D eigenvalue weighted by Crippen LogP contribution is 2.28. The van der Waals surface area contributed by atoms with Gasteiger partial charge in [-0.1, -0.05) is 24.3 Å². The molecule has 1 aliphatic rings. The van der Waals surface area contributed by atoms with Gasteiger partial charge in [-0.2, -0.15) is 0 Å². The van der Waals surface area contributed by atoms with E-state index in [-0.39, 0.29) is 28.9 Å². The second-order valence-electron chi connectivity index (χ2n) is 6.65. The van der Waals surface area contributed by atoms with Crippen molar-refractivity contribution in [1.82, 2.24) is 4.90 Å². The molecule has 0 fully saturated rings. The molecule has 0 saturated carbocycles. The molecule has 0 unspecified atom stereocenters. The first kappa shape index (κ1) is 20.3. The molecule has 4 rings (SSSR count). The lowest BCUT2D eigenvalue weighted by molar-refractivity contribution is -0.384. The standard InChI is InChI=1S/C22H15N3O5S/c26-20(14-5-3-7-16(11-14)25(29)30)23-15-6-4-8-17(12-15)31-13-24-21(27)18-9-1-2-10-19(18)22(24)28/h1-12H,13H2,(H,23,26). The Hall–Kier alpha value is -3.98. The number of thioether (sulfide) groups is 1. The summed E-state index contributed by atoms with van der Waals surface area (Å²) in [7, 11) is 0. The molecule has 0 spiro atoms. The van der Waals surface area contributed by atoms with Crippen LogP contribution in [0.4, 0.5) is 11.4 Å². The Morgan fingerprint density at radius 2 is 1.61 bits per heavy atom. The lowest BCUT2D eigenvalue weighted by Crippen LogP contribution is -2.29. The Kier molecular flexibility index (Phi) is 5.50. The van der Waals surface area contributed by atoms with E-state index in [1.807, 2.05) is 0 Å². The predicted molar refractivity (Wildman–Crippen MR) is 115 cm³/mol. The molecule has 1 N–H and O–H groups in total. The summed E-state index contributed by atoms with van der Waals surface area (Å²) >= 11 is 1.28. The molecule has 9 heteroatoms. The van der Waals surface area contributed by atoms with Gasteiger partial charge in [0, 0.05) is 28.3 Å². The number of anilines is 1. The third kappa shape index (κ3) is 4.17. The van der Waals surface area contributed by atoms with E-state index in [9.17, 15) is 24.5 Å². The van der Waals surface area contributed by atoms with E-state index in [2.05, 4.69) is 5.32 Å². The quantitative estimate of drug-likeness (QED) is 0.270. The van der Waals surface area contributed by atoms with Gasteiger partial charge in [-0.25, -0.2) is 0 Å². The van der Waals surface area contributed by atoms with Crippen LogP contribution in [0.5, 0.6) is 0 Å². The SMILES string of the molecule is O=C(Nc1cccc(SCN2C(=O)c3ccccc3C2=O)c1)c1cccc([N+](=O)[O-])c1. The van der Waals surface area contributed by atoms with Gasteiger partial charge < -0.3 is 5.32 Å². The number of nitro benzene ring substituents is 1. The summed E-state index contributed by atoms with van der Waals surface area (Å²) in [6.07, 6.45) is 0. The molecule has 0 radical (unpaired) electrons. The average molecular weight is 433 g/mol. The molecule has 0 aliphatic carbocycles. The first-order valence-electron chi connectivity index (χ1n) is 9.18. The zero-order chi connectivity index (χ0) is 22.0. The molecule has 3 aromatic rings. The van der Waals surface area contributed by atoms with Crippen molar-refractivity contribution in [3.8, 4) is 0 Å². The van der Waals surface area contributed by atoms with Crippen molar-refractivity contribution >= 4 is 40.9 Å². The van der Waals surface area contributed by atoms with Crippen LogP contribution in [-0.2, 0) is 0 Å². The number of nitrogens with zero attached hydrogens (tertiary/aromatic N) is 2. The van der Waals surface area contributed by atoms with Gasteiger partial charge in [0.1, 0.15) is 0 Å². The second-order valence-corrected chi connectivity index (χ2v) is 7.67. The van der Waals surface area contributed by atoms with Crippen LogP contribution in [0.1, 0.15) is 31.1 Å². The smallest absolute Gasteiger partial charge is 0.270 e. The summed E-state index contributed by atoms with van der Waals surface area (Å²) in [5.41, 5.74) is 1.28. The van der Waals surface area contributed by atoms with E-state index in [0.717, 1.165) is 4.90 Å². The molecule has 0 bridgehead atoms. The van der Waals surface area contributed by atoms with Gasteiger partial charge in [-0.3, -0.25) is 29.4 Å². The third-order valence-corrected chi connectivity index (χ3v) is 5.62. The van der Waals surface area contributed by atoms with Crippen LogP contribution in [-0.4, -0.2) is 33.4 Å². The molecule has 154 valence electrons. The number of nitro groups is 1. The molecule has 3 aromatic carbocycles. The van der Waals surface area contributed by atoms with Crippen molar-refractivity contribution < 1.29 is 19.3 Å². The van der Waals surface area contributed by atoms with Crippen molar-refractivity contribution in [3.63, 3.8) is 0 Å². The van der Waals surface area contributed by atoms with E-state index in [1.165, 1.54) is 40.9 Å². The molecule has 0 atom stereocenters. The van der Waals surface area contributed by atoms with Crippen LogP contribution in [0.2, 0.25) is 0 Å². The molecule has 0 saturated heterocycles. The zero-order valence-electron chi connectivity index (χ0n) is 16.0. The summed E-state index contributed by atoms with van der Waals surface area (Å²) in [6.45, 7) is 0. The third-order valence-electron chi connectivity index (χ3n) is 4.65. The van der Waals surface area contributed by atoms with Crippen molar-refractivity contribution in [3.05, 3.63) is 99.6 Å². The van der Waals surface area contributed by atoms with Gasteiger partial charge >= 0.3 is 0 Å². The summed E-state index contributed by atoms with van der Waals surface area (Å²) in [6, 6.07) is 19.1. The molecule has 31 heavy (non-hydrogen) atoms. The van der Waals surface area contributed by atoms with E-state index in [4.69, 9.17) is 0 Å². The fraction of sp³-hybridized carbons (Fsp3) is 0.0455. The highest BCUT2D eigenvalue weighted by molar-refractivity contribution is 7.99. The maximum absolute atomic E-state index is 12.5. The van der Waals surface area contributed by atoms with E-state index in [0.29, 0.717) is 16.8 Å². The molecular weight excluding hydrogens is 418 g/mol. The molecule has 1 aliphatic heterocycles. The topological polar surface area (TPSA) is 110 Å². The summed E-state index contributed by atoms with van der Waals surface area (Å²) in [5, 5.41) is 13.6. The largest absolute Gasteiger partial charge is 0.322 e. The van der Waals surface area contributed by atoms with Gasteiger partial charge in [-0.05, 0) is 36.4 Å². The maximum Gasteiger partial charge on any atom is 0.270 e. The normalized spacial score (nSPS) is 12.6. The lowest BCUT2D eigenvalue weighted by Gasteiger charge is -2.13. The number of imide groups is 1. The minimum atomic E-state index is -0.562. The van der Waals surface area contributed by atoms with Gasteiger partial charge in [-0.15, -0.1) is 11.8 Å². The summed E-state index contributed by atoms with van der Waals surface area (Å²) < 4.78 is 0. The maximum atomic E-state index is 12.5. The Balaban J connectivity index is 1.43. The average Bonchev–Trinajstić information content (AvgIpc) is 3.02. The molecule has 0 aromatic heterocycles. The van der Waals surface area contributed by atoms with Crippen LogP contribution in [0.15, 0.2) is 77.7 Å². The number of non-ortho nitro benzene ring substituents is 1. The van der Waals surface area contributed by atoms with Gasteiger partial charge in [0.05, 0.1) is 21.9 Å². The van der Waals surface area contributed by atoms with Gasteiger partial charge in [0.15, 0.2) is 0 Å². The van der Waals surface area contributed by atoms with Crippen molar-refractivity contribution in [2.75, 3.05) is 11.2 Å². The number of carbonyl (C=O) groups excluding carboxylic acids is 3. The fourth-order valence-corrected chi connectivity index (χ4v) is 4.02. The number of hydrogen-bond acceptors (Lipinski definition) is 6. The number of carbonyl (C=O) groups is 3. The monoisotopic (exact) mass is 433 g/mol. The minimum absolute atomic E-state index is 0.134. The number of benzene rings is 3. The summed E-state index contributed by atoms with van der Waals surface area (Å²) in [5.74, 6) is -1.01. The minimum Gasteiger partial charge on any atom is -0.322 e. The number of rotatable bonds is 6. The first-order chi connectivity index (χ1) is 14.9. The van der Waals surface area contributed by atoms with Crippen molar-refractivity contribution in [2.45, 2.75) is 4.90 Å². The Morgan fingerprint density at radius 1 is 0.935 bits per heavy atom. The van der Waals surface area contributed by atoms with E-state index < -0.39 is 10.8 Å². The Morgan fingerprint density at radius 3 is 2.29 bits per heavy atom. The van der Waals surface area contributed by atoms with Crippen LogP contribution in [0, 0.1) is 10.1 Å². The molecule has 3 amide bonds.